The number of carboxylic acids is 2. The standard InChI is InChI=1S/C26H50O7S.2H3N/c1-7-11-13-21(9-3)17-15-19(5)26(25(29)30,23(24(27)28)34(31,32)33)20(6)16-18-22(10-4)14-12-8-2;;/h19-23H,7-18H2,1-6H3,(H,27,28)(H,29,30)(H,31,32,33);2*1H3. The van der Waals surface area contributed by atoms with Gasteiger partial charge in [0.1, 0.15) is 5.41 Å². The third-order valence-electron chi connectivity index (χ3n) is 8.06. The molecule has 0 bridgehead atoms. The van der Waals surface area contributed by atoms with Crippen molar-refractivity contribution in [1.82, 2.24) is 12.3 Å². The van der Waals surface area contributed by atoms with E-state index in [9.17, 15) is 32.8 Å². The summed E-state index contributed by atoms with van der Waals surface area (Å²) in [7, 11) is -5.15. The maximum atomic E-state index is 12.8. The number of aliphatic carboxylic acids is 2. The molecule has 10 heteroatoms. The highest BCUT2D eigenvalue weighted by Gasteiger charge is 2.61. The lowest BCUT2D eigenvalue weighted by molar-refractivity contribution is -0.164. The van der Waals surface area contributed by atoms with Gasteiger partial charge in [-0.25, -0.2) is 0 Å². The first-order chi connectivity index (χ1) is 15.8. The van der Waals surface area contributed by atoms with E-state index in [1.165, 1.54) is 0 Å². The number of rotatable bonds is 20. The van der Waals surface area contributed by atoms with Gasteiger partial charge >= 0.3 is 11.9 Å². The van der Waals surface area contributed by atoms with E-state index in [0.717, 1.165) is 51.4 Å². The van der Waals surface area contributed by atoms with E-state index in [1.54, 1.807) is 13.8 Å². The lowest BCUT2D eigenvalue weighted by Gasteiger charge is -2.43. The van der Waals surface area contributed by atoms with Crippen molar-refractivity contribution in [2.45, 2.75) is 124 Å². The molecule has 0 aromatic rings. The topological polar surface area (TPSA) is 199 Å². The molecule has 0 aromatic heterocycles. The highest BCUT2D eigenvalue weighted by molar-refractivity contribution is 7.87. The molecule has 9 nitrogen and oxygen atoms in total. The van der Waals surface area contributed by atoms with Gasteiger partial charge in [0.15, 0.2) is 5.25 Å². The molecule has 0 saturated heterocycles. The van der Waals surface area contributed by atoms with Crippen LogP contribution in [0.25, 0.3) is 0 Å². The average Bonchev–Trinajstić information content (AvgIpc) is 2.75. The van der Waals surface area contributed by atoms with E-state index in [4.69, 9.17) is 0 Å². The molecule has 0 rings (SSSR count). The van der Waals surface area contributed by atoms with Gasteiger partial charge in [-0.15, -0.1) is 0 Å². The van der Waals surface area contributed by atoms with Gasteiger partial charge in [0.2, 0.25) is 0 Å². The van der Waals surface area contributed by atoms with Crippen molar-refractivity contribution in [3.05, 3.63) is 0 Å². The molecular weight excluding hydrogens is 484 g/mol. The lowest BCUT2D eigenvalue weighted by Crippen LogP contribution is -2.58. The van der Waals surface area contributed by atoms with Crippen molar-refractivity contribution in [2.75, 3.05) is 0 Å². The fourth-order valence-electron chi connectivity index (χ4n) is 5.65. The van der Waals surface area contributed by atoms with Crippen LogP contribution >= 0.6 is 0 Å². The summed E-state index contributed by atoms with van der Waals surface area (Å²) >= 11 is 0. The zero-order valence-electron chi connectivity index (χ0n) is 23.7. The van der Waals surface area contributed by atoms with Crippen molar-refractivity contribution in [1.29, 1.82) is 0 Å². The van der Waals surface area contributed by atoms with Crippen LogP contribution in [-0.2, 0) is 19.7 Å². The fourth-order valence-corrected chi connectivity index (χ4v) is 6.97. The van der Waals surface area contributed by atoms with Gasteiger partial charge in [-0.3, -0.25) is 14.1 Å². The predicted molar refractivity (Wildman–Crippen MR) is 146 cm³/mol. The van der Waals surface area contributed by atoms with E-state index >= 15 is 0 Å². The molecule has 218 valence electrons. The second-order valence-corrected chi connectivity index (χ2v) is 11.8. The van der Waals surface area contributed by atoms with E-state index in [1.807, 2.05) is 0 Å². The highest BCUT2D eigenvalue weighted by Crippen LogP contribution is 2.48. The van der Waals surface area contributed by atoms with Crippen molar-refractivity contribution >= 4 is 22.1 Å². The summed E-state index contributed by atoms with van der Waals surface area (Å²) in [5.74, 6) is -4.00. The van der Waals surface area contributed by atoms with E-state index in [2.05, 4.69) is 27.7 Å². The van der Waals surface area contributed by atoms with Gasteiger partial charge < -0.3 is 22.5 Å². The van der Waals surface area contributed by atoms with Gasteiger partial charge in [-0.2, -0.15) is 8.42 Å². The maximum Gasteiger partial charge on any atom is 0.325 e. The SMILES string of the molecule is CCCCC(CC)CCC(C)C(C(=O)O)(C(C)CCC(CC)CCCC)C(C(=O)O)S(=O)(=O)O.N.N. The second kappa shape index (κ2) is 18.9. The van der Waals surface area contributed by atoms with Gasteiger partial charge in [-0.1, -0.05) is 106 Å². The number of unbranched alkanes of at least 4 members (excludes halogenated alkanes) is 2. The minimum atomic E-state index is -5.15. The molecule has 0 amide bonds. The highest BCUT2D eigenvalue weighted by atomic mass is 32.2. The Morgan fingerprint density at radius 1 is 0.722 bits per heavy atom. The lowest BCUT2D eigenvalue weighted by atomic mass is 9.62. The van der Waals surface area contributed by atoms with E-state index in [0.29, 0.717) is 37.5 Å². The molecule has 5 unspecified atom stereocenters. The van der Waals surface area contributed by atoms with E-state index < -0.39 is 44.6 Å². The summed E-state index contributed by atoms with van der Waals surface area (Å²) in [4.78, 5) is 25.0. The Morgan fingerprint density at radius 2 is 1.08 bits per heavy atom. The summed E-state index contributed by atoms with van der Waals surface area (Å²) in [5, 5.41) is 17.9. The van der Waals surface area contributed by atoms with E-state index in [-0.39, 0.29) is 12.3 Å². The zero-order chi connectivity index (χ0) is 26.5. The summed E-state index contributed by atoms with van der Waals surface area (Å²) in [5.41, 5.74) is -2.12. The van der Waals surface area contributed by atoms with Crippen LogP contribution in [0.2, 0.25) is 0 Å². The molecule has 0 aliphatic carbocycles. The average molecular weight is 541 g/mol. The molecule has 0 aliphatic heterocycles. The number of hydrogen-bond donors (Lipinski definition) is 5. The molecule has 0 fully saturated rings. The summed E-state index contributed by atoms with van der Waals surface area (Å²) in [6, 6.07) is 0. The first-order valence-corrected chi connectivity index (χ1v) is 14.8. The number of hydrogen-bond acceptors (Lipinski definition) is 6. The Labute approximate surface area is 220 Å². The van der Waals surface area contributed by atoms with Crippen molar-refractivity contribution < 1.29 is 32.8 Å². The van der Waals surface area contributed by atoms with Crippen LogP contribution < -0.4 is 12.3 Å². The first kappa shape index (κ1) is 39.3. The fraction of sp³-hybridized carbons (Fsp3) is 0.923. The molecule has 0 aliphatic rings. The molecule has 0 heterocycles. The van der Waals surface area contributed by atoms with Crippen LogP contribution in [0.5, 0.6) is 0 Å². The molecule has 0 aromatic carbocycles. The van der Waals surface area contributed by atoms with Gasteiger partial charge in [0.25, 0.3) is 10.1 Å². The first-order valence-electron chi connectivity index (χ1n) is 13.3. The Hall–Kier alpha value is -1.23. The Bertz CT molecular complexity index is 689. The molecule has 36 heavy (non-hydrogen) atoms. The number of carbonyl (C=O) groups is 2. The zero-order valence-corrected chi connectivity index (χ0v) is 24.5. The quantitative estimate of drug-likeness (QED) is 0.101. The van der Waals surface area contributed by atoms with Gasteiger partial charge in [-0.05, 0) is 36.5 Å². The largest absolute Gasteiger partial charge is 0.481 e. The van der Waals surface area contributed by atoms with Crippen LogP contribution in [0.1, 0.15) is 119 Å². The van der Waals surface area contributed by atoms with Gasteiger partial charge in [0.05, 0.1) is 0 Å². The molecule has 9 N–H and O–H groups in total. The Balaban J connectivity index is -0.00000544. The molecule has 0 radical (unpaired) electrons. The third-order valence-corrected chi connectivity index (χ3v) is 9.25. The predicted octanol–water partition coefficient (Wildman–Crippen LogP) is 6.99. The number of carboxylic acid groups (broad SMARTS) is 2. The van der Waals surface area contributed by atoms with Crippen molar-refractivity contribution in [2.24, 2.45) is 29.1 Å². The summed E-state index contributed by atoms with van der Waals surface area (Å²) in [6.45, 7) is 11.7. The Kier molecular flexibility index (Phi) is 20.7. The summed E-state index contributed by atoms with van der Waals surface area (Å²) < 4.78 is 34.6. The van der Waals surface area contributed by atoms with Crippen LogP contribution in [-0.4, -0.2) is 40.4 Å². The molecular formula is C26H56N2O7S. The summed E-state index contributed by atoms with van der Waals surface area (Å²) in [6.07, 6.45) is 10.3. The minimum Gasteiger partial charge on any atom is -0.481 e. The van der Waals surface area contributed by atoms with Crippen LogP contribution in [0.4, 0.5) is 0 Å². The third kappa shape index (κ3) is 11.0. The minimum absolute atomic E-state index is 0. The van der Waals surface area contributed by atoms with Crippen molar-refractivity contribution in [3.63, 3.8) is 0 Å². The van der Waals surface area contributed by atoms with Crippen LogP contribution in [0, 0.1) is 29.1 Å². The second-order valence-electron chi connectivity index (χ2n) is 10.3. The molecule has 0 saturated carbocycles. The molecule has 5 atom stereocenters. The normalized spacial score (nSPS) is 17.4. The van der Waals surface area contributed by atoms with Gasteiger partial charge in [0, 0.05) is 0 Å². The van der Waals surface area contributed by atoms with Crippen LogP contribution in [0.3, 0.4) is 0 Å². The van der Waals surface area contributed by atoms with Crippen LogP contribution in [0.15, 0.2) is 0 Å². The van der Waals surface area contributed by atoms with Crippen molar-refractivity contribution in [3.8, 4) is 0 Å². The smallest absolute Gasteiger partial charge is 0.325 e. The molecule has 0 spiro atoms. The monoisotopic (exact) mass is 540 g/mol. The Morgan fingerprint density at radius 3 is 1.31 bits per heavy atom. The maximum absolute atomic E-state index is 12.8.